The van der Waals surface area contributed by atoms with Crippen molar-refractivity contribution in [1.82, 2.24) is 4.90 Å². The lowest BCUT2D eigenvalue weighted by atomic mass is 9.94. The van der Waals surface area contributed by atoms with Gasteiger partial charge in [0, 0.05) is 23.7 Å². The van der Waals surface area contributed by atoms with Gasteiger partial charge in [0.25, 0.3) is 11.7 Å². The van der Waals surface area contributed by atoms with Gasteiger partial charge in [-0.15, -0.1) is 0 Å². The minimum Gasteiger partial charge on any atom is -0.507 e. The molecule has 7 heteroatoms. The number of carbonyl (C=O) groups excluding carboxylic acids is 2. The van der Waals surface area contributed by atoms with Gasteiger partial charge < -0.3 is 19.5 Å². The van der Waals surface area contributed by atoms with Gasteiger partial charge >= 0.3 is 0 Å². The molecule has 4 rings (SSSR count). The van der Waals surface area contributed by atoms with E-state index in [-0.39, 0.29) is 24.5 Å². The molecule has 1 N–H and O–H groups in total. The third-order valence-corrected chi connectivity index (χ3v) is 6.44. The number of carbonyl (C=O) groups is 2. The molecule has 1 aliphatic heterocycles. The van der Waals surface area contributed by atoms with Gasteiger partial charge in [0.05, 0.1) is 18.2 Å². The van der Waals surface area contributed by atoms with E-state index in [9.17, 15) is 14.7 Å². The van der Waals surface area contributed by atoms with Gasteiger partial charge in [-0.3, -0.25) is 9.59 Å². The number of aliphatic hydroxyl groups excluding tert-OH is 1. The van der Waals surface area contributed by atoms with E-state index >= 15 is 0 Å². The third-order valence-electron chi connectivity index (χ3n) is 5.94. The van der Waals surface area contributed by atoms with E-state index in [2.05, 4.69) is 15.9 Å². The van der Waals surface area contributed by atoms with E-state index in [1.807, 2.05) is 67.6 Å². The summed E-state index contributed by atoms with van der Waals surface area (Å²) < 4.78 is 11.9. The highest BCUT2D eigenvalue weighted by Gasteiger charge is 2.46. The number of rotatable bonds is 8. The van der Waals surface area contributed by atoms with E-state index in [1.54, 1.807) is 12.1 Å². The van der Waals surface area contributed by atoms with E-state index in [0.29, 0.717) is 17.9 Å². The summed E-state index contributed by atoms with van der Waals surface area (Å²) in [4.78, 5) is 27.5. The second-order valence-corrected chi connectivity index (χ2v) is 9.21. The van der Waals surface area contributed by atoms with Crippen LogP contribution in [0.2, 0.25) is 0 Å². The average molecular weight is 536 g/mol. The largest absolute Gasteiger partial charge is 0.507 e. The molecule has 1 aliphatic rings. The lowest BCUT2D eigenvalue weighted by Gasteiger charge is -2.25. The number of ketones is 1. The molecule has 0 spiro atoms. The number of Topliss-reactive ketones (excluding diaryl/α,β-unsaturated/α-hetero) is 1. The number of aryl methyl sites for hydroxylation is 1. The van der Waals surface area contributed by atoms with Gasteiger partial charge in [-0.1, -0.05) is 58.4 Å². The number of amides is 1. The second kappa shape index (κ2) is 10.9. The van der Waals surface area contributed by atoms with Crippen molar-refractivity contribution < 1.29 is 24.2 Å². The molecule has 0 bridgehead atoms. The summed E-state index contributed by atoms with van der Waals surface area (Å²) in [5.74, 6) is -0.936. The Morgan fingerprint density at radius 1 is 1.03 bits per heavy atom. The molecule has 3 aromatic carbocycles. The smallest absolute Gasteiger partial charge is 0.295 e. The Kier molecular flexibility index (Phi) is 7.68. The summed E-state index contributed by atoms with van der Waals surface area (Å²) in [5, 5.41) is 11.3. The van der Waals surface area contributed by atoms with E-state index in [4.69, 9.17) is 9.47 Å². The van der Waals surface area contributed by atoms with Crippen LogP contribution in [0, 0.1) is 6.92 Å². The Balaban J connectivity index is 1.70. The number of hydrogen-bond donors (Lipinski definition) is 1. The van der Waals surface area contributed by atoms with Crippen molar-refractivity contribution in [2.75, 3.05) is 20.3 Å². The van der Waals surface area contributed by atoms with Crippen LogP contribution in [0.25, 0.3) is 5.76 Å². The molecule has 0 saturated carbocycles. The molecule has 0 radical (unpaired) electrons. The fourth-order valence-corrected chi connectivity index (χ4v) is 4.62. The number of methoxy groups -OCH3 is 1. The quantitative estimate of drug-likeness (QED) is 0.237. The molecular formula is C28H26BrNO5. The topological polar surface area (TPSA) is 76.1 Å². The van der Waals surface area contributed by atoms with Crippen LogP contribution >= 0.6 is 15.9 Å². The van der Waals surface area contributed by atoms with Crippen molar-refractivity contribution in [2.45, 2.75) is 19.6 Å². The van der Waals surface area contributed by atoms with Gasteiger partial charge in [-0.05, 0) is 53.9 Å². The number of likely N-dealkylation sites (tertiary alicyclic amines) is 1. The molecule has 35 heavy (non-hydrogen) atoms. The Hall–Kier alpha value is -3.42. The minimum absolute atomic E-state index is 0.0604. The Morgan fingerprint density at radius 3 is 2.49 bits per heavy atom. The zero-order chi connectivity index (χ0) is 24.9. The highest BCUT2D eigenvalue weighted by molar-refractivity contribution is 9.10. The molecule has 1 fully saturated rings. The second-order valence-electron chi connectivity index (χ2n) is 8.29. The Bertz CT molecular complexity index is 1270. The van der Waals surface area contributed by atoms with Gasteiger partial charge in [-0.25, -0.2) is 0 Å². The highest BCUT2D eigenvalue weighted by atomic mass is 79.9. The molecule has 1 amide bonds. The molecule has 1 saturated heterocycles. The summed E-state index contributed by atoms with van der Waals surface area (Å²) in [6.07, 6.45) is 0. The number of ether oxygens (including phenoxy) is 2. The fraction of sp³-hybridized carbons (Fsp3) is 0.214. The fourth-order valence-electron chi connectivity index (χ4n) is 4.20. The monoisotopic (exact) mass is 535 g/mol. The molecule has 3 aromatic rings. The van der Waals surface area contributed by atoms with Crippen LogP contribution < -0.4 is 4.74 Å². The van der Waals surface area contributed by atoms with Crippen LogP contribution in [-0.4, -0.2) is 42.0 Å². The summed E-state index contributed by atoms with van der Waals surface area (Å²) in [5.41, 5.74) is 3.02. The maximum absolute atomic E-state index is 13.1. The number of benzene rings is 3. The van der Waals surface area contributed by atoms with Crippen molar-refractivity contribution in [3.05, 3.63) is 105 Å². The molecule has 0 aliphatic carbocycles. The minimum atomic E-state index is -0.726. The third kappa shape index (κ3) is 5.31. The number of hydrogen-bond acceptors (Lipinski definition) is 5. The van der Waals surface area contributed by atoms with E-state index in [0.717, 1.165) is 21.2 Å². The zero-order valence-electron chi connectivity index (χ0n) is 19.5. The summed E-state index contributed by atoms with van der Waals surface area (Å²) in [7, 11) is 1.54. The van der Waals surface area contributed by atoms with E-state index in [1.165, 1.54) is 12.0 Å². The normalized spacial score (nSPS) is 17.1. The Labute approximate surface area is 212 Å². The number of aliphatic hydroxyl groups is 1. The maximum atomic E-state index is 13.1. The van der Waals surface area contributed by atoms with Crippen LogP contribution in [0.3, 0.4) is 0 Å². The SMILES string of the molecule is COCCN1C(=O)C(=O)C(=C(O)c2ccc(OCc3ccccc3)cc2C)C1c1cccc(Br)c1. The molecule has 1 unspecified atom stereocenters. The predicted molar refractivity (Wildman–Crippen MR) is 137 cm³/mol. The first kappa shape index (κ1) is 24.7. The molecule has 180 valence electrons. The van der Waals surface area contributed by atoms with Crippen molar-refractivity contribution in [3.63, 3.8) is 0 Å². The summed E-state index contributed by atoms with van der Waals surface area (Å²) >= 11 is 3.46. The van der Waals surface area contributed by atoms with Gasteiger partial charge in [0.15, 0.2) is 0 Å². The first-order valence-corrected chi connectivity index (χ1v) is 12.0. The van der Waals surface area contributed by atoms with Crippen LogP contribution in [0.4, 0.5) is 0 Å². The molecule has 1 atom stereocenters. The maximum Gasteiger partial charge on any atom is 0.295 e. The van der Waals surface area contributed by atoms with Gasteiger partial charge in [0.1, 0.15) is 18.1 Å². The first-order chi connectivity index (χ1) is 16.9. The van der Waals surface area contributed by atoms with Crippen molar-refractivity contribution in [2.24, 2.45) is 0 Å². The lowest BCUT2D eigenvalue weighted by molar-refractivity contribution is -0.140. The zero-order valence-corrected chi connectivity index (χ0v) is 21.1. The van der Waals surface area contributed by atoms with Crippen LogP contribution in [0.5, 0.6) is 5.75 Å². The van der Waals surface area contributed by atoms with E-state index < -0.39 is 17.7 Å². The van der Waals surface area contributed by atoms with Crippen LogP contribution in [0.1, 0.15) is 28.3 Å². The lowest BCUT2D eigenvalue weighted by Crippen LogP contribution is -2.32. The molecule has 0 aromatic heterocycles. The first-order valence-electron chi connectivity index (χ1n) is 11.2. The van der Waals surface area contributed by atoms with Crippen LogP contribution in [0.15, 0.2) is 82.8 Å². The van der Waals surface area contributed by atoms with Gasteiger partial charge in [-0.2, -0.15) is 0 Å². The average Bonchev–Trinajstić information content (AvgIpc) is 3.11. The van der Waals surface area contributed by atoms with Crippen LogP contribution in [-0.2, 0) is 20.9 Å². The standard InChI is InChI=1S/C28H26BrNO5/c1-18-15-22(35-17-19-7-4-3-5-8-19)11-12-23(18)26(31)24-25(20-9-6-10-21(29)16-20)30(13-14-34-2)28(33)27(24)32/h3-12,15-16,25,31H,13-14,17H2,1-2H3. The Morgan fingerprint density at radius 2 is 1.80 bits per heavy atom. The summed E-state index contributed by atoms with van der Waals surface area (Å²) in [6.45, 7) is 2.74. The highest BCUT2D eigenvalue weighted by Crippen LogP contribution is 2.40. The van der Waals surface area contributed by atoms with Gasteiger partial charge in [0.2, 0.25) is 0 Å². The molecule has 1 heterocycles. The molecule has 6 nitrogen and oxygen atoms in total. The number of halogens is 1. The van der Waals surface area contributed by atoms with Crippen molar-refractivity contribution >= 4 is 33.4 Å². The van der Waals surface area contributed by atoms with Crippen molar-refractivity contribution in [1.29, 1.82) is 0 Å². The predicted octanol–water partition coefficient (Wildman–Crippen LogP) is 5.40. The molecular weight excluding hydrogens is 510 g/mol. The summed E-state index contributed by atoms with van der Waals surface area (Å²) in [6, 6.07) is 21.8. The number of nitrogens with zero attached hydrogens (tertiary/aromatic N) is 1. The van der Waals surface area contributed by atoms with Crippen molar-refractivity contribution in [3.8, 4) is 5.75 Å².